The fourth-order valence-electron chi connectivity index (χ4n) is 4.27. The second-order valence-electron chi connectivity index (χ2n) is 7.98. The Hall–Kier alpha value is -2.34. The molecule has 6 heteroatoms. The molecule has 2 N–H and O–H groups in total. The summed E-state index contributed by atoms with van der Waals surface area (Å²) in [6, 6.07) is 12.9. The first-order valence-electron chi connectivity index (χ1n) is 10.6. The Morgan fingerprint density at radius 1 is 1.21 bits per heavy atom. The van der Waals surface area contributed by atoms with Crippen molar-refractivity contribution in [1.82, 2.24) is 15.5 Å². The van der Waals surface area contributed by atoms with Crippen LogP contribution in [0.5, 0.6) is 0 Å². The quantitative estimate of drug-likeness (QED) is 0.567. The lowest BCUT2D eigenvalue weighted by molar-refractivity contribution is -0.130. The molecule has 0 spiro atoms. The molecule has 1 saturated carbocycles. The lowest BCUT2D eigenvalue weighted by Gasteiger charge is -2.43. The maximum Gasteiger partial charge on any atom is 0.244 e. The van der Waals surface area contributed by atoms with Crippen molar-refractivity contribution < 1.29 is 4.79 Å². The average molecular weight is 411 g/mol. The van der Waals surface area contributed by atoms with E-state index < -0.39 is 0 Å². The Bertz CT molecular complexity index is 857. The standard InChI is InChI=1S/C23H30N4OS/c1-2-24-22(26-17-23(11-6-12-23)19-7-4-3-5-8-19)25-15-21(28)27-13-9-20-18(16-27)10-14-29-20/h3-5,7-8,10,14H,2,6,9,11-13,15-17H2,1H3,(H2,24,25,26). The van der Waals surface area contributed by atoms with Gasteiger partial charge in [0, 0.05) is 36.5 Å². The number of nitrogens with one attached hydrogen (secondary N) is 2. The molecule has 154 valence electrons. The minimum atomic E-state index is 0.0977. The number of guanidine groups is 1. The molecule has 1 aliphatic heterocycles. The number of thiophene rings is 1. The van der Waals surface area contributed by atoms with Gasteiger partial charge < -0.3 is 15.5 Å². The third-order valence-electron chi connectivity index (χ3n) is 6.17. The molecule has 1 aliphatic carbocycles. The summed E-state index contributed by atoms with van der Waals surface area (Å²) in [6.45, 7) is 5.38. The van der Waals surface area contributed by atoms with E-state index in [-0.39, 0.29) is 17.9 Å². The van der Waals surface area contributed by atoms with Crippen LogP contribution in [0.2, 0.25) is 0 Å². The largest absolute Gasteiger partial charge is 0.357 e. The summed E-state index contributed by atoms with van der Waals surface area (Å²) < 4.78 is 0. The predicted molar refractivity (Wildman–Crippen MR) is 119 cm³/mol. The van der Waals surface area contributed by atoms with Gasteiger partial charge in [-0.2, -0.15) is 0 Å². The van der Waals surface area contributed by atoms with Crippen molar-refractivity contribution in [2.75, 3.05) is 26.2 Å². The Balaban J connectivity index is 1.36. The van der Waals surface area contributed by atoms with Crippen LogP contribution in [0.1, 0.15) is 42.2 Å². The van der Waals surface area contributed by atoms with Crippen LogP contribution in [0.25, 0.3) is 0 Å². The Labute approximate surface area is 177 Å². The van der Waals surface area contributed by atoms with Gasteiger partial charge in [0.1, 0.15) is 6.54 Å². The predicted octanol–water partition coefficient (Wildman–Crippen LogP) is 3.31. The maximum atomic E-state index is 12.7. The maximum absolute atomic E-state index is 12.7. The van der Waals surface area contributed by atoms with Gasteiger partial charge in [0.25, 0.3) is 0 Å². The summed E-state index contributed by atoms with van der Waals surface area (Å²) >= 11 is 1.79. The zero-order chi connectivity index (χ0) is 20.1. The van der Waals surface area contributed by atoms with Gasteiger partial charge >= 0.3 is 0 Å². The van der Waals surface area contributed by atoms with E-state index in [4.69, 9.17) is 0 Å². The van der Waals surface area contributed by atoms with Crippen LogP contribution in [0.4, 0.5) is 0 Å². The monoisotopic (exact) mass is 410 g/mol. The first-order chi connectivity index (χ1) is 14.2. The van der Waals surface area contributed by atoms with E-state index in [1.54, 1.807) is 11.3 Å². The molecule has 29 heavy (non-hydrogen) atoms. The van der Waals surface area contributed by atoms with Gasteiger partial charge in [-0.25, -0.2) is 4.99 Å². The molecule has 0 saturated heterocycles. The number of carbonyl (C=O) groups excluding carboxylic acids is 1. The van der Waals surface area contributed by atoms with Gasteiger partial charge in [-0.15, -0.1) is 11.3 Å². The van der Waals surface area contributed by atoms with E-state index in [0.717, 1.165) is 32.0 Å². The molecule has 2 aliphatic rings. The van der Waals surface area contributed by atoms with Crippen molar-refractivity contribution in [3.05, 3.63) is 57.8 Å². The molecule has 5 nitrogen and oxygen atoms in total. The first kappa shape index (κ1) is 20.0. The van der Waals surface area contributed by atoms with Crippen molar-refractivity contribution >= 4 is 23.2 Å². The van der Waals surface area contributed by atoms with Crippen LogP contribution < -0.4 is 10.6 Å². The number of carbonyl (C=O) groups is 1. The van der Waals surface area contributed by atoms with E-state index in [2.05, 4.69) is 64.3 Å². The van der Waals surface area contributed by atoms with Crippen molar-refractivity contribution in [3.63, 3.8) is 0 Å². The van der Waals surface area contributed by atoms with E-state index in [9.17, 15) is 4.79 Å². The van der Waals surface area contributed by atoms with Crippen LogP contribution in [0.15, 0.2) is 46.8 Å². The van der Waals surface area contributed by atoms with Crippen molar-refractivity contribution in [2.45, 2.75) is 44.6 Å². The minimum Gasteiger partial charge on any atom is -0.357 e. The van der Waals surface area contributed by atoms with Crippen molar-refractivity contribution in [2.24, 2.45) is 4.99 Å². The lowest BCUT2D eigenvalue weighted by Crippen LogP contribution is -2.49. The fraction of sp³-hybridized carbons (Fsp3) is 0.478. The summed E-state index contributed by atoms with van der Waals surface area (Å²) in [4.78, 5) is 20.6. The van der Waals surface area contributed by atoms with Crippen molar-refractivity contribution in [1.29, 1.82) is 0 Å². The number of benzene rings is 1. The molecule has 1 aromatic heterocycles. The van der Waals surface area contributed by atoms with E-state index in [1.165, 1.54) is 35.3 Å². The minimum absolute atomic E-state index is 0.0977. The van der Waals surface area contributed by atoms with E-state index in [1.807, 2.05) is 4.90 Å². The zero-order valence-electron chi connectivity index (χ0n) is 17.1. The molecule has 0 bridgehead atoms. The Morgan fingerprint density at radius 3 is 2.76 bits per heavy atom. The number of hydrogen-bond acceptors (Lipinski definition) is 3. The van der Waals surface area contributed by atoms with Crippen molar-refractivity contribution in [3.8, 4) is 0 Å². The molecule has 1 fully saturated rings. The van der Waals surface area contributed by atoms with Crippen LogP contribution >= 0.6 is 11.3 Å². The first-order valence-corrected chi connectivity index (χ1v) is 11.5. The van der Waals surface area contributed by atoms with E-state index >= 15 is 0 Å². The summed E-state index contributed by atoms with van der Waals surface area (Å²) in [5.41, 5.74) is 2.87. The van der Waals surface area contributed by atoms with Crippen LogP contribution in [0, 0.1) is 0 Å². The molecule has 0 unspecified atom stereocenters. The van der Waals surface area contributed by atoms with Crippen LogP contribution in [-0.4, -0.2) is 42.9 Å². The SMILES string of the molecule is CCNC(=NCC(=O)N1CCc2sccc2C1)NCC1(c2ccccc2)CCC1. The molecular weight excluding hydrogens is 380 g/mol. The summed E-state index contributed by atoms with van der Waals surface area (Å²) in [6.07, 6.45) is 4.61. The van der Waals surface area contributed by atoms with E-state index in [0.29, 0.717) is 6.54 Å². The highest BCUT2D eigenvalue weighted by molar-refractivity contribution is 7.10. The number of fused-ring (bicyclic) bond motifs is 1. The molecule has 2 aromatic rings. The molecule has 4 rings (SSSR count). The Morgan fingerprint density at radius 2 is 2.03 bits per heavy atom. The molecular formula is C23H30N4OS. The highest BCUT2D eigenvalue weighted by Crippen LogP contribution is 2.43. The smallest absolute Gasteiger partial charge is 0.244 e. The van der Waals surface area contributed by atoms with Gasteiger partial charge in [0.2, 0.25) is 5.91 Å². The molecule has 0 radical (unpaired) electrons. The summed E-state index contributed by atoms with van der Waals surface area (Å²) in [5.74, 6) is 0.830. The lowest BCUT2D eigenvalue weighted by atomic mass is 9.64. The van der Waals surface area contributed by atoms with Crippen LogP contribution in [-0.2, 0) is 23.2 Å². The average Bonchev–Trinajstić information content (AvgIpc) is 3.19. The second kappa shape index (κ2) is 8.99. The third kappa shape index (κ3) is 4.47. The van der Waals surface area contributed by atoms with Gasteiger partial charge in [0.05, 0.1) is 0 Å². The molecule has 0 atom stereocenters. The Kier molecular flexibility index (Phi) is 6.19. The normalized spacial score (nSPS) is 18.0. The highest BCUT2D eigenvalue weighted by atomic mass is 32.1. The van der Waals surface area contributed by atoms with Gasteiger partial charge in [-0.1, -0.05) is 36.8 Å². The van der Waals surface area contributed by atoms with Crippen LogP contribution in [0.3, 0.4) is 0 Å². The number of aliphatic imine (C=N–C) groups is 1. The highest BCUT2D eigenvalue weighted by Gasteiger charge is 2.38. The fourth-order valence-corrected chi connectivity index (χ4v) is 5.16. The van der Waals surface area contributed by atoms with Gasteiger partial charge in [-0.3, -0.25) is 4.79 Å². The topological polar surface area (TPSA) is 56.7 Å². The van der Waals surface area contributed by atoms with Gasteiger partial charge in [0.15, 0.2) is 5.96 Å². The van der Waals surface area contributed by atoms with Gasteiger partial charge in [-0.05, 0) is 48.8 Å². The second-order valence-corrected chi connectivity index (χ2v) is 8.98. The summed E-state index contributed by atoms with van der Waals surface area (Å²) in [5, 5.41) is 8.91. The number of amides is 1. The molecule has 1 amide bonds. The number of rotatable bonds is 6. The summed E-state index contributed by atoms with van der Waals surface area (Å²) in [7, 11) is 0. The molecule has 2 heterocycles. The number of hydrogen-bond donors (Lipinski definition) is 2. The number of nitrogens with zero attached hydrogens (tertiary/aromatic N) is 2. The third-order valence-corrected chi connectivity index (χ3v) is 7.19. The zero-order valence-corrected chi connectivity index (χ0v) is 17.9. The molecule has 1 aromatic carbocycles.